The summed E-state index contributed by atoms with van der Waals surface area (Å²) in [5, 5.41) is 8.93. The molecule has 0 saturated heterocycles. The van der Waals surface area contributed by atoms with Crippen molar-refractivity contribution in [3.63, 3.8) is 0 Å². The number of halogens is 1. The molecule has 0 aliphatic heterocycles. The smallest absolute Gasteiger partial charge is 0.345 e. The number of para-hydroxylation sites is 1. The second-order valence-corrected chi connectivity index (χ2v) is 8.19. The van der Waals surface area contributed by atoms with E-state index < -0.39 is 16.0 Å². The van der Waals surface area contributed by atoms with Crippen LogP contribution in [0.3, 0.4) is 0 Å². The van der Waals surface area contributed by atoms with E-state index in [2.05, 4.69) is 20.7 Å². The molecule has 0 aliphatic carbocycles. The lowest BCUT2D eigenvalue weighted by Crippen LogP contribution is -2.14. The number of carboxylic acids is 1. The Kier molecular flexibility index (Phi) is 4.70. The molecule has 8 heteroatoms. The van der Waals surface area contributed by atoms with E-state index in [0.717, 1.165) is 23.0 Å². The zero-order valence-corrected chi connectivity index (χ0v) is 14.2. The Morgan fingerprint density at radius 2 is 2.05 bits per heavy atom. The van der Waals surface area contributed by atoms with Crippen molar-refractivity contribution in [2.24, 2.45) is 0 Å². The molecule has 0 saturated carbocycles. The standard InChI is InChI=1S/C13H12BrNO4S2/c1-2-8-5-3-4-6-9(8)15-21(18,19)11-7-10(13(16)17)20-12(11)14/h3-7,15H,2H2,1H3,(H,16,17). The number of anilines is 1. The Morgan fingerprint density at radius 3 is 2.62 bits per heavy atom. The lowest BCUT2D eigenvalue weighted by Gasteiger charge is -2.10. The van der Waals surface area contributed by atoms with Gasteiger partial charge >= 0.3 is 5.97 Å². The lowest BCUT2D eigenvalue weighted by atomic mass is 10.1. The van der Waals surface area contributed by atoms with Gasteiger partial charge in [-0.15, -0.1) is 11.3 Å². The largest absolute Gasteiger partial charge is 0.477 e. The Morgan fingerprint density at radius 1 is 1.38 bits per heavy atom. The van der Waals surface area contributed by atoms with Crippen LogP contribution >= 0.6 is 27.3 Å². The molecule has 5 nitrogen and oxygen atoms in total. The first-order valence-corrected chi connectivity index (χ1v) is 9.07. The number of aryl methyl sites for hydroxylation is 1. The molecule has 2 aromatic rings. The van der Waals surface area contributed by atoms with Crippen LogP contribution in [0.4, 0.5) is 5.69 Å². The highest BCUT2D eigenvalue weighted by Crippen LogP contribution is 2.33. The Labute approximate surface area is 134 Å². The number of nitrogens with one attached hydrogen (secondary N) is 1. The van der Waals surface area contributed by atoms with Crippen molar-refractivity contribution >= 4 is 48.9 Å². The number of hydrogen-bond donors (Lipinski definition) is 2. The third-order valence-electron chi connectivity index (χ3n) is 2.80. The minimum Gasteiger partial charge on any atom is -0.477 e. The van der Waals surface area contributed by atoms with Crippen LogP contribution in [0.2, 0.25) is 0 Å². The second kappa shape index (κ2) is 6.17. The van der Waals surface area contributed by atoms with Gasteiger partial charge in [0, 0.05) is 0 Å². The molecule has 1 aromatic carbocycles. The van der Waals surface area contributed by atoms with Crippen LogP contribution < -0.4 is 4.72 Å². The quantitative estimate of drug-likeness (QED) is 0.818. The molecule has 0 atom stereocenters. The Bertz CT molecular complexity index is 783. The fraction of sp³-hybridized carbons (Fsp3) is 0.154. The van der Waals surface area contributed by atoms with E-state index in [4.69, 9.17) is 5.11 Å². The summed E-state index contributed by atoms with van der Waals surface area (Å²) in [7, 11) is -3.84. The molecule has 0 radical (unpaired) electrons. The van der Waals surface area contributed by atoms with Crippen molar-refractivity contribution in [2.75, 3.05) is 4.72 Å². The van der Waals surface area contributed by atoms with Crippen LogP contribution in [0.25, 0.3) is 0 Å². The zero-order valence-electron chi connectivity index (χ0n) is 11.0. The third kappa shape index (κ3) is 3.45. The molecule has 0 aliphatic rings. The summed E-state index contributed by atoms with van der Waals surface area (Å²) >= 11 is 3.97. The summed E-state index contributed by atoms with van der Waals surface area (Å²) in [5.74, 6) is -1.16. The molecule has 1 aromatic heterocycles. The maximum absolute atomic E-state index is 12.4. The molecule has 0 fully saturated rings. The van der Waals surface area contributed by atoms with Crippen molar-refractivity contribution in [1.82, 2.24) is 0 Å². The molecule has 2 N–H and O–H groups in total. The first kappa shape index (κ1) is 16.0. The number of rotatable bonds is 5. The first-order chi connectivity index (χ1) is 9.85. The molecular weight excluding hydrogens is 378 g/mol. The SMILES string of the molecule is CCc1ccccc1NS(=O)(=O)c1cc(C(=O)O)sc1Br. The van der Waals surface area contributed by atoms with Crippen LogP contribution in [0.1, 0.15) is 22.2 Å². The average Bonchev–Trinajstić information content (AvgIpc) is 2.82. The summed E-state index contributed by atoms with van der Waals surface area (Å²) in [6.45, 7) is 1.93. The van der Waals surface area contributed by atoms with Gasteiger partial charge < -0.3 is 5.11 Å². The van der Waals surface area contributed by atoms with Gasteiger partial charge in [-0.1, -0.05) is 25.1 Å². The molecule has 112 valence electrons. The Hall–Kier alpha value is -1.38. The molecule has 0 amide bonds. The molecule has 1 heterocycles. The van der Waals surface area contributed by atoms with Gasteiger partial charge in [-0.25, -0.2) is 13.2 Å². The number of thiophene rings is 1. The average molecular weight is 390 g/mol. The van der Waals surface area contributed by atoms with E-state index in [1.807, 2.05) is 19.1 Å². The molecular formula is C13H12BrNO4S2. The van der Waals surface area contributed by atoms with Gasteiger partial charge in [0.1, 0.15) is 9.77 Å². The van der Waals surface area contributed by atoms with Crippen LogP contribution in [0.5, 0.6) is 0 Å². The highest BCUT2D eigenvalue weighted by atomic mass is 79.9. The molecule has 0 bridgehead atoms. The van der Waals surface area contributed by atoms with Crippen molar-refractivity contribution in [1.29, 1.82) is 0 Å². The summed E-state index contributed by atoms with van der Waals surface area (Å²) < 4.78 is 27.6. The topological polar surface area (TPSA) is 83.5 Å². The minimum atomic E-state index is -3.84. The van der Waals surface area contributed by atoms with Crippen LogP contribution in [-0.2, 0) is 16.4 Å². The molecule has 0 spiro atoms. The summed E-state index contributed by atoms with van der Waals surface area (Å²) in [5.41, 5.74) is 1.36. The highest BCUT2D eigenvalue weighted by Gasteiger charge is 2.23. The number of hydrogen-bond acceptors (Lipinski definition) is 4. The van der Waals surface area contributed by atoms with Crippen molar-refractivity contribution in [3.05, 3.63) is 44.6 Å². The van der Waals surface area contributed by atoms with Crippen molar-refractivity contribution < 1.29 is 18.3 Å². The fourth-order valence-corrected chi connectivity index (χ4v) is 5.27. The van der Waals surface area contributed by atoms with Gasteiger partial charge in [-0.05, 0) is 40.0 Å². The van der Waals surface area contributed by atoms with E-state index >= 15 is 0 Å². The predicted octanol–water partition coefficient (Wildman–Crippen LogP) is 3.57. The number of sulfonamides is 1. The summed E-state index contributed by atoms with van der Waals surface area (Å²) in [6, 6.07) is 8.23. The van der Waals surface area contributed by atoms with Gasteiger partial charge in [0.05, 0.1) is 9.47 Å². The van der Waals surface area contributed by atoms with Crippen molar-refractivity contribution in [3.8, 4) is 0 Å². The maximum atomic E-state index is 12.4. The zero-order chi connectivity index (χ0) is 15.6. The van der Waals surface area contributed by atoms with Gasteiger partial charge in [-0.3, -0.25) is 4.72 Å². The van der Waals surface area contributed by atoms with E-state index in [1.165, 1.54) is 0 Å². The van der Waals surface area contributed by atoms with Crippen LogP contribution in [0, 0.1) is 0 Å². The Balaban J connectivity index is 2.41. The third-order valence-corrected chi connectivity index (χ3v) is 6.40. The van der Waals surface area contributed by atoms with Crippen LogP contribution in [0.15, 0.2) is 39.0 Å². The monoisotopic (exact) mass is 389 g/mol. The van der Waals surface area contributed by atoms with Gasteiger partial charge in [0.25, 0.3) is 10.0 Å². The fourth-order valence-electron chi connectivity index (χ4n) is 1.77. The normalized spacial score (nSPS) is 11.3. The summed E-state index contributed by atoms with van der Waals surface area (Å²) in [4.78, 5) is 10.8. The van der Waals surface area contributed by atoms with Crippen LogP contribution in [-0.4, -0.2) is 19.5 Å². The number of benzene rings is 1. The van der Waals surface area contributed by atoms with E-state index in [1.54, 1.807) is 12.1 Å². The van der Waals surface area contributed by atoms with Gasteiger partial charge in [0.15, 0.2) is 0 Å². The lowest BCUT2D eigenvalue weighted by molar-refractivity contribution is 0.0702. The molecule has 21 heavy (non-hydrogen) atoms. The maximum Gasteiger partial charge on any atom is 0.345 e. The number of aromatic carboxylic acids is 1. The van der Waals surface area contributed by atoms with Gasteiger partial charge in [-0.2, -0.15) is 0 Å². The van der Waals surface area contributed by atoms with E-state index in [-0.39, 0.29) is 13.6 Å². The second-order valence-electron chi connectivity index (χ2n) is 4.17. The number of carbonyl (C=O) groups is 1. The van der Waals surface area contributed by atoms with Crippen molar-refractivity contribution in [2.45, 2.75) is 18.2 Å². The summed E-state index contributed by atoms with van der Waals surface area (Å²) in [6.07, 6.45) is 0.684. The van der Waals surface area contributed by atoms with Gasteiger partial charge in [0.2, 0.25) is 0 Å². The molecule has 2 rings (SSSR count). The minimum absolute atomic E-state index is 0.0361. The highest BCUT2D eigenvalue weighted by molar-refractivity contribution is 9.11. The van der Waals surface area contributed by atoms with E-state index in [9.17, 15) is 13.2 Å². The first-order valence-electron chi connectivity index (χ1n) is 5.98. The predicted molar refractivity (Wildman–Crippen MR) is 85.6 cm³/mol. The molecule has 0 unspecified atom stereocenters. The van der Waals surface area contributed by atoms with E-state index in [0.29, 0.717) is 12.1 Å². The number of carboxylic acid groups (broad SMARTS) is 1.